The van der Waals surface area contributed by atoms with E-state index in [4.69, 9.17) is 11.6 Å². The Morgan fingerprint density at radius 2 is 1.09 bits per heavy atom. The third-order valence-electron chi connectivity index (χ3n) is 4.94. The first-order chi connectivity index (χ1) is 10.1. The van der Waals surface area contributed by atoms with Gasteiger partial charge >= 0.3 is 0 Å². The Balaban J connectivity index is 0. The van der Waals surface area contributed by atoms with E-state index in [-0.39, 0.29) is 14.8 Å². The maximum absolute atomic E-state index is 7.21. The molecule has 136 valence electrons. The highest BCUT2D eigenvalue weighted by molar-refractivity contribution is 6.92. The second-order valence-corrected chi connectivity index (χ2v) is 7.68. The third kappa shape index (κ3) is 11.3. The number of rotatable bonds is 15. The van der Waals surface area contributed by atoms with Gasteiger partial charge in [0, 0.05) is 4.87 Å². The molecule has 22 heavy (non-hydrogen) atoms. The standard InChI is InChI=1S/C20H41Cl.H3P/c1-5-9-13-14-16-19(15-10-6-2)20(21,17-11-7-3)18-12-8-4;/h19H,5-18H2,1-4H3;1H3. The maximum atomic E-state index is 7.21. The monoisotopic (exact) mass is 350 g/mol. The second kappa shape index (κ2) is 16.6. The molecule has 2 atom stereocenters. The van der Waals surface area contributed by atoms with Gasteiger partial charge in [-0.1, -0.05) is 91.9 Å². The van der Waals surface area contributed by atoms with Crippen molar-refractivity contribution in [2.24, 2.45) is 5.92 Å². The van der Waals surface area contributed by atoms with Crippen LogP contribution in [0.1, 0.15) is 118 Å². The summed E-state index contributed by atoms with van der Waals surface area (Å²) in [5, 5.41) is 0. The van der Waals surface area contributed by atoms with Crippen LogP contribution in [0.3, 0.4) is 0 Å². The van der Waals surface area contributed by atoms with Crippen molar-refractivity contribution in [3.63, 3.8) is 0 Å². The van der Waals surface area contributed by atoms with E-state index in [0.717, 1.165) is 5.92 Å². The largest absolute Gasteiger partial charge is 0.153 e. The van der Waals surface area contributed by atoms with E-state index in [0.29, 0.717) is 0 Å². The minimum Gasteiger partial charge on any atom is -0.153 e. The topological polar surface area (TPSA) is 0 Å². The zero-order chi connectivity index (χ0) is 16.0. The lowest BCUT2D eigenvalue weighted by atomic mass is 9.77. The second-order valence-electron chi connectivity index (χ2n) is 6.93. The summed E-state index contributed by atoms with van der Waals surface area (Å²) in [6.07, 6.45) is 18.5. The predicted octanol–water partition coefficient (Wildman–Crippen LogP) is 8.18. The van der Waals surface area contributed by atoms with Crippen molar-refractivity contribution >= 4 is 21.5 Å². The van der Waals surface area contributed by atoms with Gasteiger partial charge < -0.3 is 0 Å². The van der Waals surface area contributed by atoms with Gasteiger partial charge in [0.2, 0.25) is 0 Å². The van der Waals surface area contributed by atoms with Crippen LogP contribution >= 0.6 is 21.5 Å². The fourth-order valence-electron chi connectivity index (χ4n) is 3.40. The molecule has 2 unspecified atom stereocenters. The molecule has 2 heteroatoms. The summed E-state index contributed by atoms with van der Waals surface area (Å²) >= 11 is 7.21. The van der Waals surface area contributed by atoms with E-state index >= 15 is 0 Å². The van der Waals surface area contributed by atoms with Crippen LogP contribution in [0.5, 0.6) is 0 Å². The smallest absolute Gasteiger partial charge is 0.0475 e. The van der Waals surface area contributed by atoms with Gasteiger partial charge in [-0.2, -0.15) is 9.90 Å². The molecule has 0 aliphatic rings. The van der Waals surface area contributed by atoms with Crippen molar-refractivity contribution in [2.45, 2.75) is 122 Å². The van der Waals surface area contributed by atoms with E-state index < -0.39 is 0 Å². The van der Waals surface area contributed by atoms with Crippen LogP contribution in [0, 0.1) is 5.92 Å². The Morgan fingerprint density at radius 3 is 1.55 bits per heavy atom. The Bertz CT molecular complexity index is 210. The minimum absolute atomic E-state index is 0. The lowest BCUT2D eigenvalue weighted by Gasteiger charge is -2.36. The Kier molecular flexibility index (Phi) is 18.8. The molecule has 0 aromatic heterocycles. The van der Waals surface area contributed by atoms with Crippen LogP contribution in [-0.2, 0) is 0 Å². The molecule has 0 aliphatic heterocycles. The van der Waals surface area contributed by atoms with Crippen LogP contribution in [0.2, 0.25) is 0 Å². The van der Waals surface area contributed by atoms with Crippen molar-refractivity contribution in [1.82, 2.24) is 0 Å². The quantitative estimate of drug-likeness (QED) is 0.159. The summed E-state index contributed by atoms with van der Waals surface area (Å²) in [5.41, 5.74) is 0. The average Bonchev–Trinajstić information content (AvgIpc) is 2.50. The van der Waals surface area contributed by atoms with Crippen molar-refractivity contribution in [1.29, 1.82) is 0 Å². The maximum Gasteiger partial charge on any atom is 0.0475 e. The molecule has 0 nitrogen and oxygen atoms in total. The predicted molar refractivity (Wildman–Crippen MR) is 111 cm³/mol. The molecule has 0 amide bonds. The summed E-state index contributed by atoms with van der Waals surface area (Å²) < 4.78 is 0. The molecule has 0 fully saturated rings. The van der Waals surface area contributed by atoms with Crippen molar-refractivity contribution in [3.05, 3.63) is 0 Å². The first kappa shape index (κ1) is 25.0. The highest BCUT2D eigenvalue weighted by Gasteiger charge is 2.34. The van der Waals surface area contributed by atoms with Gasteiger partial charge in [0.25, 0.3) is 0 Å². The summed E-state index contributed by atoms with van der Waals surface area (Å²) in [6.45, 7) is 9.18. The van der Waals surface area contributed by atoms with E-state index in [1.165, 1.54) is 89.9 Å². The molecule has 0 saturated heterocycles. The molecule has 0 heterocycles. The fourth-order valence-corrected chi connectivity index (χ4v) is 3.89. The number of hydrogen-bond acceptors (Lipinski definition) is 0. The SMILES string of the molecule is CCCCCCC(CCCC)C(Cl)(CCCC)CCCC.P. The molecule has 0 N–H and O–H groups in total. The molecular weight excluding hydrogens is 307 g/mol. The van der Waals surface area contributed by atoms with E-state index in [1.807, 2.05) is 0 Å². The van der Waals surface area contributed by atoms with Gasteiger partial charge in [-0.25, -0.2) is 0 Å². The molecular formula is C20H44ClP. The first-order valence-electron chi connectivity index (χ1n) is 9.83. The summed E-state index contributed by atoms with van der Waals surface area (Å²) in [6, 6.07) is 0. The molecule has 0 radical (unpaired) electrons. The summed E-state index contributed by atoms with van der Waals surface area (Å²) in [7, 11) is 0. The van der Waals surface area contributed by atoms with Gasteiger partial charge in [0.1, 0.15) is 0 Å². The number of halogens is 1. The van der Waals surface area contributed by atoms with Gasteiger partial charge in [-0.05, 0) is 31.6 Å². The van der Waals surface area contributed by atoms with Gasteiger partial charge in [-0.3, -0.25) is 0 Å². The van der Waals surface area contributed by atoms with Gasteiger partial charge in [-0.15, -0.1) is 11.6 Å². The first-order valence-corrected chi connectivity index (χ1v) is 10.2. The molecule has 0 spiro atoms. The Labute approximate surface area is 150 Å². The van der Waals surface area contributed by atoms with Crippen LogP contribution in [0.15, 0.2) is 0 Å². The van der Waals surface area contributed by atoms with E-state index in [1.54, 1.807) is 0 Å². The van der Waals surface area contributed by atoms with E-state index in [2.05, 4.69) is 27.7 Å². The Morgan fingerprint density at radius 1 is 0.636 bits per heavy atom. The van der Waals surface area contributed by atoms with Gasteiger partial charge in [0.05, 0.1) is 0 Å². The van der Waals surface area contributed by atoms with E-state index in [9.17, 15) is 0 Å². The van der Waals surface area contributed by atoms with Crippen molar-refractivity contribution in [3.8, 4) is 0 Å². The van der Waals surface area contributed by atoms with Gasteiger partial charge in [0.15, 0.2) is 0 Å². The third-order valence-corrected chi connectivity index (χ3v) is 5.62. The van der Waals surface area contributed by atoms with Crippen molar-refractivity contribution < 1.29 is 0 Å². The number of unbranched alkanes of at least 4 members (excludes halogenated alkanes) is 6. The zero-order valence-electron chi connectivity index (χ0n) is 16.1. The van der Waals surface area contributed by atoms with Crippen LogP contribution in [-0.4, -0.2) is 4.87 Å². The van der Waals surface area contributed by atoms with Crippen molar-refractivity contribution in [2.75, 3.05) is 0 Å². The lowest BCUT2D eigenvalue weighted by molar-refractivity contribution is 0.268. The zero-order valence-corrected chi connectivity index (χ0v) is 18.2. The minimum atomic E-state index is 0. The molecule has 0 saturated carbocycles. The Hall–Kier alpha value is 0.720. The summed E-state index contributed by atoms with van der Waals surface area (Å²) in [4.78, 5) is 0.0907. The van der Waals surface area contributed by atoms with Crippen LogP contribution in [0.4, 0.5) is 0 Å². The lowest BCUT2D eigenvalue weighted by Crippen LogP contribution is -2.32. The molecule has 0 aromatic rings. The highest BCUT2D eigenvalue weighted by Crippen LogP contribution is 2.41. The van der Waals surface area contributed by atoms with Crippen LogP contribution < -0.4 is 0 Å². The molecule has 0 bridgehead atoms. The molecule has 0 aromatic carbocycles. The molecule has 0 rings (SSSR count). The van der Waals surface area contributed by atoms with Crippen LogP contribution in [0.25, 0.3) is 0 Å². The fraction of sp³-hybridized carbons (Fsp3) is 1.00. The summed E-state index contributed by atoms with van der Waals surface area (Å²) in [5.74, 6) is 0.745. The highest BCUT2D eigenvalue weighted by atomic mass is 35.5. The number of alkyl halides is 1. The average molecular weight is 351 g/mol. The number of hydrogen-bond donors (Lipinski definition) is 0. The molecule has 0 aliphatic carbocycles. The normalized spacial score (nSPS) is 13.0.